The van der Waals surface area contributed by atoms with Gasteiger partial charge in [-0.15, -0.1) is 11.3 Å². The van der Waals surface area contributed by atoms with Gasteiger partial charge in [0.25, 0.3) is 5.56 Å². The summed E-state index contributed by atoms with van der Waals surface area (Å²) in [7, 11) is 0. The minimum absolute atomic E-state index is 0.00357. The number of thiophene rings is 1. The molecule has 0 amide bonds. The number of ketones is 1. The lowest BCUT2D eigenvalue weighted by Crippen LogP contribution is -2.24. The van der Waals surface area contributed by atoms with Gasteiger partial charge < -0.3 is 4.57 Å². The van der Waals surface area contributed by atoms with E-state index in [2.05, 4.69) is 5.10 Å². The largest absolute Gasteiger partial charge is 0.304 e. The highest BCUT2D eigenvalue weighted by atomic mass is 35.5. The number of halogens is 1. The number of hydrogen-bond acceptors (Lipinski definition) is 4. The minimum atomic E-state index is -0.232. The summed E-state index contributed by atoms with van der Waals surface area (Å²) in [6.45, 7) is 1.81. The third kappa shape index (κ3) is 2.28. The second-order valence-corrected chi connectivity index (χ2v) is 6.09. The second kappa shape index (κ2) is 4.88. The highest BCUT2D eigenvalue weighted by Crippen LogP contribution is 2.22. The molecular weight excluding hydrogens is 298 g/mol. The zero-order valence-corrected chi connectivity index (χ0v) is 12.1. The molecular formula is C13H10ClN3O2S. The Morgan fingerprint density at radius 1 is 1.40 bits per heavy atom. The first-order chi connectivity index (χ1) is 9.54. The maximum Gasteiger partial charge on any atom is 0.276 e. The standard InChI is InChI=1S/C13H10ClN3O2S/c1-8-6-9-13(19)16(4-5-17(9)15-8)7-10(18)11-2-3-12(14)20-11/h2-6H,7H2,1H3. The number of carbonyl (C=O) groups is 1. The average molecular weight is 308 g/mol. The second-order valence-electron chi connectivity index (χ2n) is 4.37. The van der Waals surface area contributed by atoms with Gasteiger partial charge in [-0.1, -0.05) is 11.6 Å². The van der Waals surface area contributed by atoms with Crippen molar-refractivity contribution in [3.63, 3.8) is 0 Å². The SMILES string of the molecule is Cc1cc2c(=O)n(CC(=O)c3ccc(Cl)s3)ccn2n1. The Bertz CT molecular complexity index is 862. The van der Waals surface area contributed by atoms with Crippen LogP contribution in [0.2, 0.25) is 4.34 Å². The van der Waals surface area contributed by atoms with E-state index in [1.54, 1.807) is 30.6 Å². The quantitative estimate of drug-likeness (QED) is 0.698. The molecule has 0 saturated carbocycles. The molecule has 5 nitrogen and oxygen atoms in total. The first-order valence-electron chi connectivity index (χ1n) is 5.88. The topological polar surface area (TPSA) is 56.4 Å². The molecule has 0 N–H and O–H groups in total. The molecule has 3 aromatic rings. The Balaban J connectivity index is 1.97. The van der Waals surface area contributed by atoms with Gasteiger partial charge in [-0.25, -0.2) is 4.52 Å². The summed E-state index contributed by atoms with van der Waals surface area (Å²) in [6, 6.07) is 5.04. The van der Waals surface area contributed by atoms with E-state index >= 15 is 0 Å². The zero-order valence-electron chi connectivity index (χ0n) is 10.5. The van der Waals surface area contributed by atoms with Crippen LogP contribution in [0.4, 0.5) is 0 Å². The maximum atomic E-state index is 12.2. The molecule has 3 heterocycles. The van der Waals surface area contributed by atoms with Crippen molar-refractivity contribution in [2.75, 3.05) is 0 Å². The lowest BCUT2D eigenvalue weighted by Gasteiger charge is -2.04. The fourth-order valence-corrected chi connectivity index (χ4v) is 2.94. The molecule has 3 aromatic heterocycles. The Morgan fingerprint density at radius 3 is 2.90 bits per heavy atom. The number of nitrogens with zero attached hydrogens (tertiary/aromatic N) is 3. The van der Waals surface area contributed by atoms with Crippen LogP contribution in [0.15, 0.2) is 35.4 Å². The third-order valence-corrected chi connectivity index (χ3v) is 4.16. The van der Waals surface area contributed by atoms with Crippen molar-refractivity contribution >= 4 is 34.2 Å². The molecule has 0 unspecified atom stereocenters. The predicted octanol–water partition coefficient (Wildman–Crippen LogP) is 2.40. The van der Waals surface area contributed by atoms with E-state index in [-0.39, 0.29) is 17.9 Å². The first kappa shape index (κ1) is 13.1. The van der Waals surface area contributed by atoms with Gasteiger partial charge in [-0.2, -0.15) is 5.10 Å². The average Bonchev–Trinajstić information content (AvgIpc) is 2.99. The van der Waals surface area contributed by atoms with Crippen LogP contribution in [0.3, 0.4) is 0 Å². The molecule has 0 bridgehead atoms. The normalized spacial score (nSPS) is 11.1. The highest BCUT2D eigenvalue weighted by molar-refractivity contribution is 7.18. The fraction of sp³-hybridized carbons (Fsp3) is 0.154. The monoisotopic (exact) mass is 307 g/mol. The summed E-state index contributed by atoms with van der Waals surface area (Å²) in [5, 5.41) is 4.16. The molecule has 0 aromatic carbocycles. The van der Waals surface area contributed by atoms with E-state index in [4.69, 9.17) is 11.6 Å². The molecule has 0 atom stereocenters. The Labute approximate surface area is 123 Å². The van der Waals surface area contributed by atoms with E-state index < -0.39 is 0 Å². The van der Waals surface area contributed by atoms with Gasteiger partial charge in [0.1, 0.15) is 5.52 Å². The van der Waals surface area contributed by atoms with E-state index in [9.17, 15) is 9.59 Å². The highest BCUT2D eigenvalue weighted by Gasteiger charge is 2.12. The summed E-state index contributed by atoms with van der Waals surface area (Å²) in [6.07, 6.45) is 3.23. The summed E-state index contributed by atoms with van der Waals surface area (Å²) in [5.41, 5.74) is 0.988. The van der Waals surface area contributed by atoms with Gasteiger partial charge in [0, 0.05) is 12.4 Å². The molecule has 7 heteroatoms. The van der Waals surface area contributed by atoms with Crippen LogP contribution < -0.4 is 5.56 Å². The van der Waals surface area contributed by atoms with Crippen molar-refractivity contribution in [1.82, 2.24) is 14.2 Å². The number of aryl methyl sites for hydroxylation is 1. The molecule has 0 radical (unpaired) electrons. The molecule has 0 spiro atoms. The van der Waals surface area contributed by atoms with Crippen LogP contribution in [-0.4, -0.2) is 20.0 Å². The van der Waals surface area contributed by atoms with Crippen molar-refractivity contribution in [2.24, 2.45) is 0 Å². The summed E-state index contributed by atoms with van der Waals surface area (Å²) in [5.74, 6) is -0.135. The van der Waals surface area contributed by atoms with Crippen LogP contribution in [-0.2, 0) is 6.54 Å². The van der Waals surface area contributed by atoms with E-state index in [1.165, 1.54) is 20.4 Å². The third-order valence-electron chi connectivity index (χ3n) is 2.89. The number of Topliss-reactive ketones (excluding diaryl/α,β-unsaturated/α-hetero) is 1. The number of rotatable bonds is 3. The summed E-state index contributed by atoms with van der Waals surface area (Å²) >= 11 is 7.02. The molecule has 0 aliphatic rings. The Kier molecular flexibility index (Phi) is 3.19. The lowest BCUT2D eigenvalue weighted by molar-refractivity contribution is 0.0975. The van der Waals surface area contributed by atoms with Crippen molar-refractivity contribution in [3.8, 4) is 0 Å². The van der Waals surface area contributed by atoms with Crippen LogP contribution in [0.1, 0.15) is 15.4 Å². The van der Waals surface area contributed by atoms with Crippen molar-refractivity contribution in [3.05, 3.63) is 55.9 Å². The van der Waals surface area contributed by atoms with Crippen molar-refractivity contribution in [2.45, 2.75) is 13.5 Å². The van der Waals surface area contributed by atoms with E-state index in [0.717, 1.165) is 5.69 Å². The van der Waals surface area contributed by atoms with Crippen LogP contribution >= 0.6 is 22.9 Å². The predicted molar refractivity (Wildman–Crippen MR) is 77.8 cm³/mol. The van der Waals surface area contributed by atoms with Crippen molar-refractivity contribution < 1.29 is 4.79 Å². The molecule has 0 aliphatic carbocycles. The van der Waals surface area contributed by atoms with Crippen LogP contribution in [0.25, 0.3) is 5.52 Å². The van der Waals surface area contributed by atoms with E-state index in [0.29, 0.717) is 14.7 Å². The van der Waals surface area contributed by atoms with Crippen LogP contribution in [0.5, 0.6) is 0 Å². The number of hydrogen-bond donors (Lipinski definition) is 0. The van der Waals surface area contributed by atoms with Crippen LogP contribution in [0, 0.1) is 6.92 Å². The molecule has 0 aliphatic heterocycles. The van der Waals surface area contributed by atoms with E-state index in [1.807, 2.05) is 6.92 Å². The van der Waals surface area contributed by atoms with Gasteiger partial charge in [-0.3, -0.25) is 9.59 Å². The molecule has 102 valence electrons. The minimum Gasteiger partial charge on any atom is -0.304 e. The number of aromatic nitrogens is 3. The van der Waals surface area contributed by atoms with Gasteiger partial charge in [-0.05, 0) is 25.1 Å². The molecule has 20 heavy (non-hydrogen) atoms. The molecule has 0 fully saturated rings. The van der Waals surface area contributed by atoms with Gasteiger partial charge in [0.2, 0.25) is 0 Å². The maximum absolute atomic E-state index is 12.2. The summed E-state index contributed by atoms with van der Waals surface area (Å²) < 4.78 is 3.45. The van der Waals surface area contributed by atoms with Gasteiger partial charge >= 0.3 is 0 Å². The Hall–Kier alpha value is -1.92. The van der Waals surface area contributed by atoms with Gasteiger partial charge in [0.15, 0.2) is 5.78 Å². The lowest BCUT2D eigenvalue weighted by atomic mass is 10.3. The number of carbonyl (C=O) groups excluding carboxylic acids is 1. The zero-order chi connectivity index (χ0) is 14.3. The number of fused-ring (bicyclic) bond motifs is 1. The van der Waals surface area contributed by atoms with Gasteiger partial charge in [0.05, 0.1) is 21.5 Å². The smallest absolute Gasteiger partial charge is 0.276 e. The first-order valence-corrected chi connectivity index (χ1v) is 7.08. The Morgan fingerprint density at radius 2 is 2.20 bits per heavy atom. The van der Waals surface area contributed by atoms with Crippen molar-refractivity contribution in [1.29, 1.82) is 0 Å². The fourth-order valence-electron chi connectivity index (χ4n) is 1.97. The summed E-state index contributed by atoms with van der Waals surface area (Å²) in [4.78, 5) is 24.9. The molecule has 3 rings (SSSR count). The molecule has 0 saturated heterocycles.